The predicted octanol–water partition coefficient (Wildman–Crippen LogP) is 4.64. The van der Waals surface area contributed by atoms with Crippen molar-refractivity contribution in [1.82, 2.24) is 9.88 Å². The van der Waals surface area contributed by atoms with Crippen LogP contribution in [0.1, 0.15) is 63.0 Å². The number of fused-ring (bicyclic) bond motifs is 2. The fraction of sp³-hybridized carbons (Fsp3) is 0.269. The number of Topliss-reactive ketones (excluding diaryl/α,β-unsaturated/α-hetero) is 1. The molecule has 1 saturated carbocycles. The maximum absolute atomic E-state index is 13.4. The van der Waals surface area contributed by atoms with Gasteiger partial charge in [0.15, 0.2) is 11.6 Å². The van der Waals surface area contributed by atoms with Crippen LogP contribution in [0.2, 0.25) is 0 Å². The molecular formula is C26H22N2O3. The van der Waals surface area contributed by atoms with E-state index in [1.165, 1.54) is 0 Å². The van der Waals surface area contributed by atoms with Gasteiger partial charge in [-0.05, 0) is 48.6 Å². The average Bonchev–Trinajstić information content (AvgIpc) is 3.17. The van der Waals surface area contributed by atoms with Gasteiger partial charge < -0.3 is 9.88 Å². The van der Waals surface area contributed by atoms with Crippen LogP contribution in [0.3, 0.4) is 0 Å². The van der Waals surface area contributed by atoms with Gasteiger partial charge in [0, 0.05) is 52.2 Å². The van der Waals surface area contributed by atoms with Crippen molar-refractivity contribution in [3.63, 3.8) is 0 Å². The van der Waals surface area contributed by atoms with Gasteiger partial charge in [-0.2, -0.15) is 0 Å². The quantitative estimate of drug-likeness (QED) is 0.637. The number of rotatable bonds is 4. The lowest BCUT2D eigenvalue weighted by Gasteiger charge is -2.29. The highest BCUT2D eigenvalue weighted by Gasteiger charge is 2.67. The summed E-state index contributed by atoms with van der Waals surface area (Å²) in [6, 6.07) is 15.1. The van der Waals surface area contributed by atoms with E-state index in [0.29, 0.717) is 30.1 Å². The number of aromatic nitrogens is 1. The number of amides is 1. The van der Waals surface area contributed by atoms with E-state index in [4.69, 9.17) is 0 Å². The Balaban J connectivity index is 1.35. The van der Waals surface area contributed by atoms with E-state index in [1.807, 2.05) is 55.5 Å². The lowest BCUT2D eigenvalue weighted by molar-refractivity contribution is 0.0806. The largest absolute Gasteiger partial charge is 0.351 e. The molecule has 2 heterocycles. The number of carbonyl (C=O) groups excluding carboxylic acids is 3. The van der Waals surface area contributed by atoms with Gasteiger partial charge in [0.05, 0.1) is 0 Å². The van der Waals surface area contributed by atoms with Crippen LogP contribution in [0.5, 0.6) is 0 Å². The molecular weight excluding hydrogens is 388 g/mol. The fourth-order valence-electron chi connectivity index (χ4n) is 5.52. The molecule has 1 aromatic heterocycles. The number of piperidine rings is 1. The first kappa shape index (κ1) is 18.3. The van der Waals surface area contributed by atoms with Crippen LogP contribution in [0, 0.1) is 5.92 Å². The maximum Gasteiger partial charge on any atom is 0.274 e. The number of carbonyl (C=O) groups is 3. The Kier molecular flexibility index (Phi) is 3.70. The van der Waals surface area contributed by atoms with Crippen molar-refractivity contribution in [3.8, 4) is 0 Å². The monoisotopic (exact) mass is 410 g/mol. The van der Waals surface area contributed by atoms with E-state index in [0.717, 1.165) is 40.6 Å². The Hall–Kier alpha value is -3.47. The van der Waals surface area contributed by atoms with Gasteiger partial charge in [-0.25, -0.2) is 0 Å². The molecule has 0 bridgehead atoms. The van der Waals surface area contributed by atoms with Crippen molar-refractivity contribution < 1.29 is 14.4 Å². The van der Waals surface area contributed by atoms with Crippen LogP contribution >= 0.6 is 0 Å². The summed E-state index contributed by atoms with van der Waals surface area (Å²) in [7, 11) is 0. The van der Waals surface area contributed by atoms with Crippen LogP contribution in [-0.2, 0) is 5.41 Å². The summed E-state index contributed by atoms with van der Waals surface area (Å²) in [5, 5.41) is 0.850. The van der Waals surface area contributed by atoms with E-state index in [2.05, 4.69) is 4.98 Å². The summed E-state index contributed by atoms with van der Waals surface area (Å²) in [6.07, 6.45) is 3.98. The molecule has 154 valence electrons. The summed E-state index contributed by atoms with van der Waals surface area (Å²) < 4.78 is 0. The minimum atomic E-state index is -0.189. The standard InChI is InChI=1S/C26H22N2O3/c1-2-5-22(29)15-8-9-20-16(10-15)11-21(27-20)25(31)28-14-17-13-26(17)19-7-4-3-6-18(19)23(30)12-24(26)28/h3-4,6-12,17,27H,2,5,13-14H2,1H3/t17-,26-/m1/s1. The van der Waals surface area contributed by atoms with Gasteiger partial charge in [-0.15, -0.1) is 0 Å². The van der Waals surface area contributed by atoms with Gasteiger partial charge in [-0.1, -0.05) is 31.2 Å². The molecule has 3 aromatic rings. The number of benzene rings is 2. The third-order valence-electron chi connectivity index (χ3n) is 7.09. The summed E-state index contributed by atoms with van der Waals surface area (Å²) in [5.74, 6) is 0.323. The van der Waals surface area contributed by atoms with Crippen molar-refractivity contribution >= 4 is 28.4 Å². The summed E-state index contributed by atoms with van der Waals surface area (Å²) in [4.78, 5) is 43.4. The number of allylic oxidation sites excluding steroid dienone is 2. The normalized spacial score (nSPS) is 23.3. The number of nitrogens with one attached hydrogen (secondary N) is 1. The molecule has 2 aliphatic carbocycles. The molecule has 0 radical (unpaired) electrons. The second kappa shape index (κ2) is 6.27. The highest BCUT2D eigenvalue weighted by molar-refractivity contribution is 6.10. The van der Waals surface area contributed by atoms with Crippen LogP contribution in [0.4, 0.5) is 0 Å². The van der Waals surface area contributed by atoms with Gasteiger partial charge >= 0.3 is 0 Å². The molecule has 1 aliphatic heterocycles. The third kappa shape index (κ3) is 2.46. The second-order valence-corrected chi connectivity index (χ2v) is 8.89. The molecule has 1 spiro atoms. The molecule has 31 heavy (non-hydrogen) atoms. The van der Waals surface area contributed by atoms with Crippen molar-refractivity contribution in [2.24, 2.45) is 5.92 Å². The Morgan fingerprint density at radius 3 is 2.84 bits per heavy atom. The summed E-state index contributed by atoms with van der Waals surface area (Å²) in [5.41, 5.74) is 4.46. The lowest BCUT2D eigenvalue weighted by Crippen LogP contribution is -2.33. The number of aromatic amines is 1. The molecule has 2 atom stereocenters. The first-order chi connectivity index (χ1) is 15.0. The molecule has 1 saturated heterocycles. The van der Waals surface area contributed by atoms with E-state index in [1.54, 1.807) is 11.0 Å². The van der Waals surface area contributed by atoms with Crippen LogP contribution in [0.15, 0.2) is 60.3 Å². The Morgan fingerprint density at radius 2 is 2.00 bits per heavy atom. The number of likely N-dealkylation sites (tertiary alicyclic amines) is 1. The molecule has 2 aromatic carbocycles. The Morgan fingerprint density at radius 1 is 1.16 bits per heavy atom. The highest BCUT2D eigenvalue weighted by atomic mass is 16.2. The Labute approximate surface area is 179 Å². The maximum atomic E-state index is 13.4. The molecule has 6 rings (SSSR count). The minimum absolute atomic E-state index is 0.0303. The average molecular weight is 410 g/mol. The molecule has 1 N–H and O–H groups in total. The first-order valence-corrected chi connectivity index (χ1v) is 10.9. The van der Waals surface area contributed by atoms with Crippen molar-refractivity contribution in [3.05, 3.63) is 82.7 Å². The summed E-state index contributed by atoms with van der Waals surface area (Å²) >= 11 is 0. The number of hydrogen-bond donors (Lipinski definition) is 1. The van der Waals surface area contributed by atoms with Crippen molar-refractivity contribution in [1.29, 1.82) is 0 Å². The fourth-order valence-corrected chi connectivity index (χ4v) is 5.52. The van der Waals surface area contributed by atoms with Gasteiger partial charge in [0.25, 0.3) is 5.91 Å². The molecule has 5 nitrogen and oxygen atoms in total. The van der Waals surface area contributed by atoms with Gasteiger partial charge in [-0.3, -0.25) is 14.4 Å². The highest BCUT2D eigenvalue weighted by Crippen LogP contribution is 2.66. The van der Waals surface area contributed by atoms with Crippen molar-refractivity contribution in [2.75, 3.05) is 6.54 Å². The lowest BCUT2D eigenvalue weighted by atomic mass is 9.81. The SMILES string of the molecule is CCCC(=O)c1ccc2[nH]c(C(=O)N3C[C@H]4C[C@@]45C3=CC(=O)c3ccccc35)cc2c1. The molecule has 5 heteroatoms. The second-order valence-electron chi connectivity index (χ2n) is 8.89. The van der Waals surface area contributed by atoms with Crippen LogP contribution < -0.4 is 0 Å². The smallest absolute Gasteiger partial charge is 0.274 e. The van der Waals surface area contributed by atoms with E-state index in [-0.39, 0.29) is 22.9 Å². The summed E-state index contributed by atoms with van der Waals surface area (Å²) in [6.45, 7) is 2.61. The van der Waals surface area contributed by atoms with Crippen molar-refractivity contribution in [2.45, 2.75) is 31.6 Å². The zero-order valence-electron chi connectivity index (χ0n) is 17.3. The molecule has 1 amide bonds. The predicted molar refractivity (Wildman–Crippen MR) is 117 cm³/mol. The van der Waals surface area contributed by atoms with Crippen LogP contribution in [0.25, 0.3) is 10.9 Å². The van der Waals surface area contributed by atoms with E-state index < -0.39 is 0 Å². The van der Waals surface area contributed by atoms with E-state index in [9.17, 15) is 14.4 Å². The molecule has 0 unspecified atom stereocenters. The first-order valence-electron chi connectivity index (χ1n) is 10.9. The molecule has 3 aliphatic rings. The number of nitrogens with zero attached hydrogens (tertiary/aromatic N) is 1. The van der Waals surface area contributed by atoms with Crippen LogP contribution in [-0.4, -0.2) is 33.9 Å². The zero-order chi connectivity index (χ0) is 21.3. The van der Waals surface area contributed by atoms with Gasteiger partial charge in [0.1, 0.15) is 5.69 Å². The number of hydrogen-bond acceptors (Lipinski definition) is 3. The number of ketones is 2. The minimum Gasteiger partial charge on any atom is -0.351 e. The third-order valence-corrected chi connectivity index (χ3v) is 7.09. The Bertz CT molecular complexity index is 1330. The topological polar surface area (TPSA) is 70.2 Å². The molecule has 2 fully saturated rings. The van der Waals surface area contributed by atoms with Gasteiger partial charge in [0.2, 0.25) is 0 Å². The number of H-pyrrole nitrogens is 1. The van der Waals surface area contributed by atoms with E-state index >= 15 is 0 Å². The zero-order valence-corrected chi connectivity index (χ0v) is 17.3.